The first-order chi connectivity index (χ1) is 11.5. The molecule has 0 spiro atoms. The number of hydrogen-bond acceptors (Lipinski definition) is 3. The average molecular weight is 332 g/mol. The molecule has 0 aliphatic carbocycles. The molecule has 5 nitrogen and oxygen atoms in total. The molecule has 1 atom stereocenters. The summed E-state index contributed by atoms with van der Waals surface area (Å²) in [5.41, 5.74) is 7.24. The van der Waals surface area contributed by atoms with Crippen molar-refractivity contribution in [3.05, 3.63) is 53.8 Å². The molecule has 2 aromatic carbocycles. The van der Waals surface area contributed by atoms with Crippen molar-refractivity contribution in [2.75, 3.05) is 12.4 Å². The lowest BCUT2D eigenvalue weighted by atomic mass is 10.2. The average Bonchev–Trinajstić information content (AvgIpc) is 2.55. The summed E-state index contributed by atoms with van der Waals surface area (Å²) in [6.07, 6.45) is -0.106. The van der Waals surface area contributed by atoms with Gasteiger partial charge in [-0.25, -0.2) is 18.8 Å². The van der Waals surface area contributed by atoms with Gasteiger partial charge in [-0.2, -0.15) is 0 Å². The van der Waals surface area contributed by atoms with E-state index in [1.54, 1.807) is 43.4 Å². The van der Waals surface area contributed by atoms with Crippen molar-refractivity contribution < 1.29 is 13.5 Å². The number of hydrogen-bond donors (Lipinski definition) is 2. The Bertz CT molecular complexity index is 743. The molecule has 3 N–H and O–H groups in total. The van der Waals surface area contributed by atoms with E-state index in [0.717, 1.165) is 0 Å². The summed E-state index contributed by atoms with van der Waals surface area (Å²) in [6, 6.07) is 11.0. The van der Waals surface area contributed by atoms with Crippen LogP contribution in [0.3, 0.4) is 0 Å². The molecule has 0 amide bonds. The lowest BCUT2D eigenvalue weighted by molar-refractivity contribution is 0.0861. The van der Waals surface area contributed by atoms with Crippen LogP contribution in [0.15, 0.2) is 52.4 Å². The van der Waals surface area contributed by atoms with Crippen molar-refractivity contribution >= 4 is 23.5 Å². The molecule has 0 aliphatic heterocycles. The van der Waals surface area contributed by atoms with Crippen LogP contribution in [0.25, 0.3) is 0 Å². The Balaban J connectivity index is 2.06. The third-order valence-electron chi connectivity index (χ3n) is 3.07. The van der Waals surface area contributed by atoms with Crippen molar-refractivity contribution in [3.8, 4) is 5.75 Å². The van der Waals surface area contributed by atoms with E-state index in [2.05, 4.69) is 15.3 Å². The van der Waals surface area contributed by atoms with E-state index in [-0.39, 0.29) is 5.84 Å². The summed E-state index contributed by atoms with van der Waals surface area (Å²) in [5.74, 6) is 0.140. The second-order valence-electron chi connectivity index (χ2n) is 4.86. The van der Waals surface area contributed by atoms with Gasteiger partial charge in [-0.1, -0.05) is 0 Å². The van der Waals surface area contributed by atoms with E-state index >= 15 is 0 Å². The fourth-order valence-corrected chi connectivity index (χ4v) is 1.91. The Morgan fingerprint density at radius 2 is 1.96 bits per heavy atom. The highest BCUT2D eigenvalue weighted by atomic mass is 19.1. The number of aliphatic imine (C=N–C) groups is 2. The van der Waals surface area contributed by atoms with Crippen molar-refractivity contribution in [2.24, 2.45) is 15.7 Å². The fourth-order valence-electron chi connectivity index (χ4n) is 1.91. The number of nitrogens with two attached hydrogens (primary N) is 1. The van der Waals surface area contributed by atoms with Crippen LogP contribution in [0, 0.1) is 5.82 Å². The van der Waals surface area contributed by atoms with E-state index in [4.69, 9.17) is 10.5 Å². The number of nitrogens with zero attached hydrogens (tertiary/aromatic N) is 2. The summed E-state index contributed by atoms with van der Waals surface area (Å²) in [7, 11) is 1.63. The largest absolute Gasteiger partial charge is 0.461 e. The maximum Gasteiger partial charge on any atom is 0.235 e. The molecule has 0 bridgehead atoms. The third-order valence-corrected chi connectivity index (χ3v) is 3.07. The molecule has 0 fully saturated rings. The molecule has 126 valence electrons. The molecular weight excluding hydrogens is 314 g/mol. The Morgan fingerprint density at radius 3 is 2.54 bits per heavy atom. The lowest BCUT2D eigenvalue weighted by Gasteiger charge is -2.06. The van der Waals surface area contributed by atoms with Gasteiger partial charge in [-0.3, -0.25) is 0 Å². The van der Waals surface area contributed by atoms with Gasteiger partial charge in [0, 0.05) is 19.5 Å². The van der Waals surface area contributed by atoms with Gasteiger partial charge in [-0.15, -0.1) is 0 Å². The zero-order valence-electron chi connectivity index (χ0n) is 13.3. The van der Waals surface area contributed by atoms with Crippen molar-refractivity contribution in [1.29, 1.82) is 0 Å². The zero-order chi connectivity index (χ0) is 17.5. The summed E-state index contributed by atoms with van der Waals surface area (Å²) in [5, 5.41) is 2.73. The monoisotopic (exact) mass is 332 g/mol. The van der Waals surface area contributed by atoms with Crippen LogP contribution < -0.4 is 15.8 Å². The minimum absolute atomic E-state index is 0.145. The van der Waals surface area contributed by atoms with Crippen LogP contribution in [0.1, 0.15) is 12.5 Å². The first-order valence-electron chi connectivity index (χ1n) is 7.24. The highest BCUT2D eigenvalue weighted by Gasteiger charge is 2.04. The number of benzene rings is 2. The minimum atomic E-state index is -1.38. The van der Waals surface area contributed by atoms with Crippen molar-refractivity contribution in [2.45, 2.75) is 13.3 Å². The number of anilines is 1. The number of rotatable bonds is 6. The zero-order valence-corrected chi connectivity index (χ0v) is 13.3. The highest BCUT2D eigenvalue weighted by molar-refractivity contribution is 6.01. The normalized spacial score (nSPS) is 13.1. The van der Waals surface area contributed by atoms with Gasteiger partial charge in [-0.05, 0) is 42.5 Å². The Hall–Kier alpha value is -2.96. The first kappa shape index (κ1) is 17.4. The third kappa shape index (κ3) is 4.77. The molecule has 2 aromatic rings. The van der Waals surface area contributed by atoms with Gasteiger partial charge in [0.2, 0.25) is 6.36 Å². The number of ether oxygens (including phenoxy) is 1. The van der Waals surface area contributed by atoms with E-state index < -0.39 is 12.2 Å². The lowest BCUT2D eigenvalue weighted by Crippen LogP contribution is -2.13. The number of alkyl halides is 1. The van der Waals surface area contributed by atoms with Crippen molar-refractivity contribution in [1.82, 2.24) is 0 Å². The Kier molecular flexibility index (Phi) is 5.83. The maximum atomic E-state index is 13.7. The van der Waals surface area contributed by atoms with Gasteiger partial charge in [0.25, 0.3) is 0 Å². The topological polar surface area (TPSA) is 72.0 Å². The molecule has 0 aromatic heterocycles. The van der Waals surface area contributed by atoms with Gasteiger partial charge < -0.3 is 15.8 Å². The predicted molar refractivity (Wildman–Crippen MR) is 92.5 cm³/mol. The molecular formula is C17H18F2N4O. The van der Waals surface area contributed by atoms with Gasteiger partial charge in [0.15, 0.2) is 0 Å². The van der Waals surface area contributed by atoms with Crippen LogP contribution in [0.2, 0.25) is 0 Å². The molecule has 1 unspecified atom stereocenters. The standard InChI is InChI=1S/C17H18F2N4O/c1-11(18)24-14-6-4-13(5-7-14)22-10-23-17(20)12-3-8-16(21-2)15(19)9-12/h3-11,21H,1-2H3,(H2,20,22,23). The molecule has 7 heteroatoms. The Morgan fingerprint density at radius 1 is 1.25 bits per heavy atom. The van der Waals surface area contributed by atoms with Crippen molar-refractivity contribution in [3.63, 3.8) is 0 Å². The van der Waals surface area contributed by atoms with E-state index in [1.165, 1.54) is 19.3 Å². The summed E-state index contributed by atoms with van der Waals surface area (Å²) < 4.78 is 31.3. The van der Waals surface area contributed by atoms with Crippen LogP contribution in [0.5, 0.6) is 5.75 Å². The molecule has 2 rings (SSSR count). The molecule has 0 saturated heterocycles. The molecule has 0 heterocycles. The maximum absolute atomic E-state index is 13.7. The second-order valence-corrected chi connectivity index (χ2v) is 4.86. The van der Waals surface area contributed by atoms with Gasteiger partial charge in [0.05, 0.1) is 11.4 Å². The van der Waals surface area contributed by atoms with Crippen LogP contribution in [0.4, 0.5) is 20.2 Å². The predicted octanol–water partition coefficient (Wildman–Crippen LogP) is 3.63. The molecule has 0 radical (unpaired) electrons. The number of amidine groups is 1. The van der Waals surface area contributed by atoms with Crippen LogP contribution in [-0.4, -0.2) is 25.6 Å². The van der Waals surface area contributed by atoms with E-state index in [9.17, 15) is 8.78 Å². The van der Waals surface area contributed by atoms with Gasteiger partial charge >= 0.3 is 0 Å². The van der Waals surface area contributed by atoms with Gasteiger partial charge in [0.1, 0.15) is 23.7 Å². The smallest absolute Gasteiger partial charge is 0.235 e. The summed E-state index contributed by atoms with van der Waals surface area (Å²) in [6.45, 7) is 1.30. The Labute approximate surface area is 138 Å². The molecule has 0 aliphatic rings. The quantitative estimate of drug-likeness (QED) is 0.627. The second kappa shape index (κ2) is 8.05. The summed E-state index contributed by atoms with van der Waals surface area (Å²) >= 11 is 0. The summed E-state index contributed by atoms with van der Waals surface area (Å²) in [4.78, 5) is 8.08. The fraction of sp³-hybridized carbons (Fsp3) is 0.176. The minimum Gasteiger partial charge on any atom is -0.461 e. The van der Waals surface area contributed by atoms with E-state index in [1.807, 2.05) is 0 Å². The first-order valence-corrected chi connectivity index (χ1v) is 7.24. The van der Waals surface area contributed by atoms with E-state index in [0.29, 0.717) is 22.7 Å². The van der Waals surface area contributed by atoms with Crippen LogP contribution >= 0.6 is 0 Å². The molecule has 24 heavy (non-hydrogen) atoms. The number of halogens is 2. The highest BCUT2D eigenvalue weighted by Crippen LogP contribution is 2.19. The van der Waals surface area contributed by atoms with Crippen LogP contribution in [-0.2, 0) is 0 Å². The SMILES string of the molecule is CNc1ccc(C(N)=NC=Nc2ccc(OC(C)F)cc2)cc1F. The number of nitrogens with one attached hydrogen (secondary N) is 1. The molecule has 0 saturated carbocycles.